The van der Waals surface area contributed by atoms with Gasteiger partial charge >= 0.3 is 0 Å². The third-order valence-corrected chi connectivity index (χ3v) is 2.09. The number of hydrogen-bond donors (Lipinski definition) is 0. The Labute approximate surface area is 81.9 Å². The van der Waals surface area contributed by atoms with Gasteiger partial charge in [-0.15, -0.1) is 0 Å². The molecule has 0 atom stereocenters. The summed E-state index contributed by atoms with van der Waals surface area (Å²) in [7, 11) is 0. The molecular weight excluding hydrogens is 195 g/mol. The van der Waals surface area contributed by atoms with Crippen LogP contribution in [0.1, 0.15) is 25.3 Å². The molecule has 0 unspecified atom stereocenters. The number of unbranched alkanes of at least 4 members (excludes halogenated alkanes) is 1. The molecular formula is C8H10Cl2N2. The molecule has 0 saturated heterocycles. The van der Waals surface area contributed by atoms with Gasteiger partial charge in [-0.3, -0.25) is 0 Å². The molecule has 0 saturated carbocycles. The van der Waals surface area contributed by atoms with Crippen LogP contribution >= 0.6 is 23.2 Å². The van der Waals surface area contributed by atoms with Crippen molar-refractivity contribution in [3.05, 3.63) is 22.2 Å². The topological polar surface area (TPSA) is 25.8 Å². The third-order valence-electron chi connectivity index (χ3n) is 1.58. The second kappa shape index (κ2) is 4.63. The fourth-order valence-electron chi connectivity index (χ4n) is 0.901. The van der Waals surface area contributed by atoms with E-state index in [0.717, 1.165) is 24.8 Å². The van der Waals surface area contributed by atoms with Gasteiger partial charge < -0.3 is 0 Å². The number of halogens is 2. The van der Waals surface area contributed by atoms with E-state index in [9.17, 15) is 0 Å². The molecule has 0 radical (unpaired) electrons. The van der Waals surface area contributed by atoms with E-state index < -0.39 is 0 Å². The molecule has 0 aromatic carbocycles. The Kier molecular flexibility index (Phi) is 3.76. The third kappa shape index (κ3) is 2.61. The highest BCUT2D eigenvalue weighted by Crippen LogP contribution is 2.16. The highest BCUT2D eigenvalue weighted by molar-refractivity contribution is 6.32. The highest BCUT2D eigenvalue weighted by atomic mass is 35.5. The maximum atomic E-state index is 5.83. The second-order valence-electron chi connectivity index (χ2n) is 2.56. The van der Waals surface area contributed by atoms with E-state index in [2.05, 4.69) is 16.9 Å². The van der Waals surface area contributed by atoms with E-state index in [1.165, 1.54) is 0 Å². The number of aryl methyl sites for hydroxylation is 1. The average molecular weight is 205 g/mol. The zero-order chi connectivity index (χ0) is 8.97. The van der Waals surface area contributed by atoms with Crippen molar-refractivity contribution in [2.75, 3.05) is 0 Å². The van der Waals surface area contributed by atoms with E-state index in [-0.39, 0.29) is 5.28 Å². The van der Waals surface area contributed by atoms with Crippen LogP contribution in [0.5, 0.6) is 0 Å². The number of rotatable bonds is 3. The van der Waals surface area contributed by atoms with E-state index in [0.29, 0.717) is 5.15 Å². The Morgan fingerprint density at radius 3 is 2.75 bits per heavy atom. The minimum Gasteiger partial charge on any atom is -0.226 e. The number of aromatic nitrogens is 2. The Morgan fingerprint density at radius 1 is 1.42 bits per heavy atom. The lowest BCUT2D eigenvalue weighted by atomic mass is 10.2. The summed E-state index contributed by atoms with van der Waals surface area (Å²) >= 11 is 11.4. The van der Waals surface area contributed by atoms with Crippen molar-refractivity contribution >= 4 is 23.2 Å². The predicted octanol–water partition coefficient (Wildman–Crippen LogP) is 3.13. The zero-order valence-electron chi connectivity index (χ0n) is 6.85. The Hall–Kier alpha value is -0.340. The van der Waals surface area contributed by atoms with Crippen molar-refractivity contribution in [2.24, 2.45) is 0 Å². The van der Waals surface area contributed by atoms with Crippen LogP contribution in [0.25, 0.3) is 0 Å². The van der Waals surface area contributed by atoms with Crippen LogP contribution in [-0.4, -0.2) is 9.97 Å². The minimum atomic E-state index is 0.209. The first kappa shape index (κ1) is 9.75. The van der Waals surface area contributed by atoms with Crippen LogP contribution in [0.2, 0.25) is 10.4 Å². The SMILES string of the molecule is CCCCc1cnc(Cl)nc1Cl. The molecule has 2 nitrogen and oxygen atoms in total. The molecule has 0 amide bonds. The first-order valence-corrected chi connectivity index (χ1v) is 4.66. The summed E-state index contributed by atoms with van der Waals surface area (Å²) in [6.07, 6.45) is 4.85. The summed E-state index contributed by atoms with van der Waals surface area (Å²) in [5.74, 6) is 0. The standard InChI is InChI=1S/C8H10Cl2N2/c1-2-3-4-6-5-11-8(10)12-7(6)9/h5H,2-4H2,1H3. The smallest absolute Gasteiger partial charge is 0.223 e. The van der Waals surface area contributed by atoms with Gasteiger partial charge in [-0.05, 0) is 24.4 Å². The highest BCUT2D eigenvalue weighted by Gasteiger charge is 2.02. The van der Waals surface area contributed by atoms with Crippen molar-refractivity contribution in [3.8, 4) is 0 Å². The van der Waals surface area contributed by atoms with Gasteiger partial charge in [0.15, 0.2) is 0 Å². The van der Waals surface area contributed by atoms with E-state index >= 15 is 0 Å². The van der Waals surface area contributed by atoms with Gasteiger partial charge in [-0.25, -0.2) is 9.97 Å². The van der Waals surface area contributed by atoms with Crippen molar-refractivity contribution < 1.29 is 0 Å². The van der Waals surface area contributed by atoms with Crippen LogP contribution in [0.15, 0.2) is 6.20 Å². The van der Waals surface area contributed by atoms with Gasteiger partial charge in [-0.1, -0.05) is 24.9 Å². The molecule has 12 heavy (non-hydrogen) atoms. The van der Waals surface area contributed by atoms with E-state index in [1.807, 2.05) is 0 Å². The lowest BCUT2D eigenvalue weighted by Gasteiger charge is -2.00. The fourth-order valence-corrected chi connectivity index (χ4v) is 1.30. The molecule has 0 N–H and O–H groups in total. The van der Waals surface area contributed by atoms with Crippen molar-refractivity contribution in [2.45, 2.75) is 26.2 Å². The molecule has 0 fully saturated rings. The molecule has 1 aromatic heterocycles. The predicted molar refractivity (Wildman–Crippen MR) is 50.7 cm³/mol. The van der Waals surface area contributed by atoms with Gasteiger partial charge in [-0.2, -0.15) is 0 Å². The summed E-state index contributed by atoms with van der Waals surface area (Å²) in [6.45, 7) is 2.13. The lowest BCUT2D eigenvalue weighted by Crippen LogP contribution is -1.91. The summed E-state index contributed by atoms with van der Waals surface area (Å²) < 4.78 is 0. The van der Waals surface area contributed by atoms with E-state index in [1.54, 1.807) is 6.20 Å². The van der Waals surface area contributed by atoms with Crippen molar-refractivity contribution in [3.63, 3.8) is 0 Å². The quantitative estimate of drug-likeness (QED) is 0.559. The van der Waals surface area contributed by atoms with Crippen LogP contribution in [-0.2, 0) is 6.42 Å². The lowest BCUT2D eigenvalue weighted by molar-refractivity contribution is 0.788. The molecule has 0 spiro atoms. The van der Waals surface area contributed by atoms with Crippen molar-refractivity contribution in [1.82, 2.24) is 9.97 Å². The second-order valence-corrected chi connectivity index (χ2v) is 3.25. The Bertz CT molecular complexity index is 263. The monoisotopic (exact) mass is 204 g/mol. The normalized spacial score (nSPS) is 10.2. The average Bonchev–Trinajstić information content (AvgIpc) is 2.03. The minimum absolute atomic E-state index is 0.209. The van der Waals surface area contributed by atoms with Gasteiger partial charge in [0.25, 0.3) is 0 Å². The summed E-state index contributed by atoms with van der Waals surface area (Å²) in [6, 6.07) is 0. The molecule has 66 valence electrons. The molecule has 4 heteroatoms. The molecule has 1 rings (SSSR count). The first-order chi connectivity index (χ1) is 5.74. The van der Waals surface area contributed by atoms with Crippen LogP contribution in [0, 0.1) is 0 Å². The number of nitrogens with zero attached hydrogens (tertiary/aromatic N) is 2. The van der Waals surface area contributed by atoms with Gasteiger partial charge in [0.2, 0.25) is 5.28 Å². The van der Waals surface area contributed by atoms with Crippen LogP contribution in [0.4, 0.5) is 0 Å². The summed E-state index contributed by atoms with van der Waals surface area (Å²) in [5, 5.41) is 0.684. The van der Waals surface area contributed by atoms with Crippen LogP contribution in [0.3, 0.4) is 0 Å². The van der Waals surface area contributed by atoms with Gasteiger partial charge in [0.1, 0.15) is 5.15 Å². The largest absolute Gasteiger partial charge is 0.226 e. The van der Waals surface area contributed by atoms with Crippen molar-refractivity contribution in [1.29, 1.82) is 0 Å². The fraction of sp³-hybridized carbons (Fsp3) is 0.500. The Balaban J connectivity index is 2.72. The molecule has 0 bridgehead atoms. The first-order valence-electron chi connectivity index (χ1n) is 3.91. The maximum absolute atomic E-state index is 5.83. The molecule has 0 aliphatic rings. The molecule has 1 heterocycles. The number of hydrogen-bond acceptors (Lipinski definition) is 2. The molecule has 1 aromatic rings. The van der Waals surface area contributed by atoms with Gasteiger partial charge in [0, 0.05) is 11.8 Å². The zero-order valence-corrected chi connectivity index (χ0v) is 8.36. The maximum Gasteiger partial charge on any atom is 0.223 e. The van der Waals surface area contributed by atoms with Gasteiger partial charge in [0.05, 0.1) is 0 Å². The Morgan fingerprint density at radius 2 is 2.17 bits per heavy atom. The van der Waals surface area contributed by atoms with Crippen LogP contribution < -0.4 is 0 Å². The summed E-state index contributed by atoms with van der Waals surface area (Å²) in [5.41, 5.74) is 0.975. The summed E-state index contributed by atoms with van der Waals surface area (Å²) in [4.78, 5) is 7.71. The van der Waals surface area contributed by atoms with E-state index in [4.69, 9.17) is 23.2 Å². The molecule has 0 aliphatic heterocycles. The molecule has 0 aliphatic carbocycles.